The Morgan fingerprint density at radius 3 is 3.10 bits per heavy atom. The molecule has 0 radical (unpaired) electrons. The Kier molecular flexibility index (Phi) is 1.08. The first-order valence-electron chi connectivity index (χ1n) is 3.19. The summed E-state index contributed by atoms with van der Waals surface area (Å²) in [7, 11) is 0. The molecule has 1 aliphatic heterocycles. The lowest BCUT2D eigenvalue weighted by Crippen LogP contribution is -2.08. The summed E-state index contributed by atoms with van der Waals surface area (Å²) in [5, 5.41) is 9.30. The van der Waals surface area contributed by atoms with Crippen LogP contribution in [0.3, 0.4) is 0 Å². The molecule has 2 nitrogen and oxygen atoms in total. The highest BCUT2D eigenvalue weighted by Gasteiger charge is 2.16. The molecule has 2 rings (SSSR count). The summed E-state index contributed by atoms with van der Waals surface area (Å²) < 4.78 is 0. The molecule has 10 heavy (non-hydrogen) atoms. The smallest absolute Gasteiger partial charge is 0.0996 e. The molecule has 0 fully saturated rings. The molecule has 0 bridgehead atoms. The molecule has 0 spiro atoms. The highest BCUT2D eigenvalue weighted by molar-refractivity contribution is 5.80. The van der Waals surface area contributed by atoms with Crippen LogP contribution in [0.5, 0.6) is 0 Å². The lowest BCUT2D eigenvalue weighted by molar-refractivity contribution is 0.261. The summed E-state index contributed by atoms with van der Waals surface area (Å²) in [5.74, 6) is 0. The predicted molar refractivity (Wildman–Crippen MR) is 39.8 cm³/mol. The van der Waals surface area contributed by atoms with Crippen LogP contribution in [0.1, 0.15) is 0 Å². The summed E-state index contributed by atoms with van der Waals surface area (Å²) in [6.07, 6.45) is 8.53. The van der Waals surface area contributed by atoms with E-state index in [-0.39, 0.29) is 0 Å². The minimum absolute atomic E-state index is 0.456. The Labute approximate surface area is 58.9 Å². The standard InChI is InChI=1S/C8H7NO/c10-8-3-1-2-7-6(8)4-5-9-7/h1-5,8,10H/t8-/m0/s1. The third kappa shape index (κ3) is 0.660. The second-order valence-electron chi connectivity index (χ2n) is 2.28. The first-order valence-corrected chi connectivity index (χ1v) is 3.19. The maximum absolute atomic E-state index is 9.30. The number of nitrogens with zero attached hydrogens (tertiary/aromatic N) is 1. The van der Waals surface area contributed by atoms with E-state index in [9.17, 15) is 5.11 Å². The number of hydrogen-bond donors (Lipinski definition) is 1. The topological polar surface area (TPSA) is 32.6 Å². The summed E-state index contributed by atoms with van der Waals surface area (Å²) >= 11 is 0. The second-order valence-corrected chi connectivity index (χ2v) is 2.28. The second kappa shape index (κ2) is 1.92. The number of aliphatic imine (C=N–C) groups is 1. The number of allylic oxidation sites excluding steroid dienone is 3. The van der Waals surface area contributed by atoms with Gasteiger partial charge in [0, 0.05) is 11.8 Å². The van der Waals surface area contributed by atoms with E-state index in [1.54, 1.807) is 12.3 Å². The first kappa shape index (κ1) is 5.62. The van der Waals surface area contributed by atoms with E-state index in [0.29, 0.717) is 0 Å². The van der Waals surface area contributed by atoms with Crippen molar-refractivity contribution in [2.45, 2.75) is 6.10 Å². The van der Waals surface area contributed by atoms with Gasteiger partial charge in [-0.1, -0.05) is 12.2 Å². The Morgan fingerprint density at radius 1 is 1.40 bits per heavy atom. The van der Waals surface area contributed by atoms with Gasteiger partial charge in [0.25, 0.3) is 0 Å². The van der Waals surface area contributed by atoms with E-state index in [1.807, 2.05) is 18.2 Å². The van der Waals surface area contributed by atoms with Crippen LogP contribution in [-0.2, 0) is 0 Å². The van der Waals surface area contributed by atoms with Gasteiger partial charge in [-0.05, 0) is 12.2 Å². The fourth-order valence-corrected chi connectivity index (χ4v) is 1.10. The zero-order valence-corrected chi connectivity index (χ0v) is 5.36. The Balaban J connectivity index is 2.45. The van der Waals surface area contributed by atoms with Crippen molar-refractivity contribution in [2.24, 2.45) is 4.99 Å². The molecule has 0 aromatic rings. The fourth-order valence-electron chi connectivity index (χ4n) is 1.10. The Hall–Kier alpha value is -1.15. The molecule has 1 N–H and O–H groups in total. The molecule has 1 aliphatic carbocycles. The predicted octanol–water partition coefficient (Wildman–Crippen LogP) is 0.812. The van der Waals surface area contributed by atoms with E-state index in [2.05, 4.69) is 4.99 Å². The molecule has 0 unspecified atom stereocenters. The molecule has 0 amide bonds. The van der Waals surface area contributed by atoms with Crippen LogP contribution in [0.25, 0.3) is 0 Å². The van der Waals surface area contributed by atoms with Crippen LogP contribution < -0.4 is 0 Å². The molecule has 1 heterocycles. The van der Waals surface area contributed by atoms with E-state index in [0.717, 1.165) is 11.3 Å². The van der Waals surface area contributed by atoms with E-state index < -0.39 is 6.10 Å². The molecule has 2 aliphatic rings. The maximum atomic E-state index is 9.30. The van der Waals surface area contributed by atoms with Gasteiger partial charge in [0.15, 0.2) is 0 Å². The van der Waals surface area contributed by atoms with Crippen molar-refractivity contribution in [3.8, 4) is 0 Å². The van der Waals surface area contributed by atoms with Crippen LogP contribution >= 0.6 is 0 Å². The van der Waals surface area contributed by atoms with Crippen molar-refractivity contribution in [3.63, 3.8) is 0 Å². The normalized spacial score (nSPS) is 27.9. The lowest BCUT2D eigenvalue weighted by Gasteiger charge is -2.10. The molecule has 0 saturated heterocycles. The van der Waals surface area contributed by atoms with Crippen LogP contribution in [0.4, 0.5) is 0 Å². The SMILES string of the molecule is O[C@H]1C=CC=C2N=CC=C21. The van der Waals surface area contributed by atoms with Gasteiger partial charge < -0.3 is 5.11 Å². The lowest BCUT2D eigenvalue weighted by atomic mass is 10.0. The minimum atomic E-state index is -0.456. The van der Waals surface area contributed by atoms with Gasteiger partial charge in [0.05, 0.1) is 11.8 Å². The number of aliphatic hydroxyl groups excluding tert-OH is 1. The summed E-state index contributed by atoms with van der Waals surface area (Å²) in [5.41, 5.74) is 1.79. The molecule has 0 aromatic heterocycles. The zero-order valence-electron chi connectivity index (χ0n) is 5.36. The Morgan fingerprint density at radius 2 is 2.30 bits per heavy atom. The number of hydrogen-bond acceptors (Lipinski definition) is 2. The monoisotopic (exact) mass is 133 g/mol. The van der Waals surface area contributed by atoms with Crippen molar-refractivity contribution in [1.82, 2.24) is 0 Å². The third-order valence-corrected chi connectivity index (χ3v) is 1.63. The number of rotatable bonds is 0. The molecule has 1 atom stereocenters. The van der Waals surface area contributed by atoms with Crippen LogP contribution in [0.15, 0.2) is 40.6 Å². The summed E-state index contributed by atoms with van der Waals surface area (Å²) in [6.45, 7) is 0. The molecule has 50 valence electrons. The highest BCUT2D eigenvalue weighted by Crippen LogP contribution is 2.23. The molecule has 0 aromatic carbocycles. The summed E-state index contributed by atoms with van der Waals surface area (Å²) in [4.78, 5) is 4.04. The van der Waals surface area contributed by atoms with Gasteiger partial charge >= 0.3 is 0 Å². The van der Waals surface area contributed by atoms with Crippen molar-refractivity contribution in [1.29, 1.82) is 0 Å². The van der Waals surface area contributed by atoms with E-state index in [4.69, 9.17) is 0 Å². The van der Waals surface area contributed by atoms with Gasteiger partial charge in [-0.15, -0.1) is 0 Å². The highest BCUT2D eigenvalue weighted by atomic mass is 16.3. The van der Waals surface area contributed by atoms with Gasteiger partial charge in [-0.25, -0.2) is 0 Å². The van der Waals surface area contributed by atoms with E-state index >= 15 is 0 Å². The molecule has 2 heteroatoms. The zero-order chi connectivity index (χ0) is 6.97. The summed E-state index contributed by atoms with van der Waals surface area (Å²) in [6, 6.07) is 0. The van der Waals surface area contributed by atoms with Gasteiger partial charge in [-0.2, -0.15) is 0 Å². The van der Waals surface area contributed by atoms with E-state index in [1.165, 1.54) is 0 Å². The van der Waals surface area contributed by atoms with Crippen molar-refractivity contribution in [2.75, 3.05) is 0 Å². The first-order chi connectivity index (χ1) is 4.88. The van der Waals surface area contributed by atoms with Gasteiger partial charge in [-0.3, -0.25) is 4.99 Å². The minimum Gasteiger partial charge on any atom is -0.384 e. The average Bonchev–Trinajstić information content (AvgIpc) is 2.36. The van der Waals surface area contributed by atoms with Crippen LogP contribution in [0, 0.1) is 0 Å². The Bertz CT molecular complexity index is 271. The number of fused-ring (bicyclic) bond motifs is 1. The molecular formula is C8H7NO. The fraction of sp³-hybridized carbons (Fsp3) is 0.125. The maximum Gasteiger partial charge on any atom is 0.0996 e. The van der Waals surface area contributed by atoms with Crippen LogP contribution in [-0.4, -0.2) is 17.4 Å². The van der Waals surface area contributed by atoms with Crippen molar-refractivity contribution < 1.29 is 5.11 Å². The van der Waals surface area contributed by atoms with Gasteiger partial charge in [0.2, 0.25) is 0 Å². The van der Waals surface area contributed by atoms with Crippen molar-refractivity contribution >= 4 is 6.21 Å². The largest absolute Gasteiger partial charge is 0.384 e. The average molecular weight is 133 g/mol. The van der Waals surface area contributed by atoms with Crippen LogP contribution in [0.2, 0.25) is 0 Å². The number of aliphatic hydroxyl groups is 1. The molecular weight excluding hydrogens is 126 g/mol. The quantitative estimate of drug-likeness (QED) is 0.521. The van der Waals surface area contributed by atoms with Crippen molar-refractivity contribution in [3.05, 3.63) is 35.6 Å². The third-order valence-electron chi connectivity index (χ3n) is 1.63. The molecule has 0 saturated carbocycles. The van der Waals surface area contributed by atoms with Gasteiger partial charge in [0.1, 0.15) is 0 Å².